The third-order valence-electron chi connectivity index (χ3n) is 6.91. The van der Waals surface area contributed by atoms with Gasteiger partial charge in [-0.2, -0.15) is 14.8 Å². The van der Waals surface area contributed by atoms with Crippen molar-refractivity contribution in [2.24, 2.45) is 5.92 Å². The SMILES string of the molecule is C=CC(F)Oc1cc(-c2cnn3cc(C4(C#N)CC4)ccc23)cc(OC)c1C(=O)CC[C@@H]1C[C@@H]1F. The molecule has 3 atom stereocenters. The number of pyridine rings is 1. The molecule has 1 unspecified atom stereocenters. The summed E-state index contributed by atoms with van der Waals surface area (Å²) >= 11 is 0. The summed E-state index contributed by atoms with van der Waals surface area (Å²) in [5.74, 6) is -0.129. The van der Waals surface area contributed by atoms with E-state index in [1.54, 1.807) is 22.8 Å². The van der Waals surface area contributed by atoms with E-state index in [-0.39, 0.29) is 35.2 Å². The summed E-state index contributed by atoms with van der Waals surface area (Å²) in [4.78, 5) is 13.1. The summed E-state index contributed by atoms with van der Waals surface area (Å²) < 4.78 is 40.1. The average molecular weight is 478 g/mol. The number of hydrogen-bond acceptors (Lipinski definition) is 5. The molecule has 0 aliphatic heterocycles. The van der Waals surface area contributed by atoms with Crippen LogP contribution in [0.15, 0.2) is 49.3 Å². The van der Waals surface area contributed by atoms with Crippen molar-refractivity contribution in [3.8, 4) is 28.7 Å². The van der Waals surface area contributed by atoms with Gasteiger partial charge in [0.25, 0.3) is 6.36 Å². The van der Waals surface area contributed by atoms with Crippen LogP contribution in [0.25, 0.3) is 16.6 Å². The first-order valence-corrected chi connectivity index (χ1v) is 11.6. The summed E-state index contributed by atoms with van der Waals surface area (Å²) in [6, 6.07) is 9.49. The number of rotatable bonds is 10. The average Bonchev–Trinajstić information content (AvgIpc) is 3.77. The number of ketones is 1. The molecule has 2 heterocycles. The molecule has 2 aliphatic rings. The van der Waals surface area contributed by atoms with Crippen LogP contribution in [0.3, 0.4) is 0 Å². The van der Waals surface area contributed by atoms with Gasteiger partial charge in [0.1, 0.15) is 23.2 Å². The predicted molar refractivity (Wildman–Crippen MR) is 126 cm³/mol. The van der Waals surface area contributed by atoms with Crippen LogP contribution >= 0.6 is 0 Å². The van der Waals surface area contributed by atoms with E-state index in [2.05, 4.69) is 17.7 Å². The van der Waals surface area contributed by atoms with Crippen molar-refractivity contribution in [2.75, 3.05) is 7.11 Å². The second kappa shape index (κ2) is 8.81. The highest BCUT2D eigenvalue weighted by molar-refractivity contribution is 6.02. The molecule has 0 spiro atoms. The summed E-state index contributed by atoms with van der Waals surface area (Å²) in [5, 5.41) is 14.0. The van der Waals surface area contributed by atoms with Gasteiger partial charge in [-0.15, -0.1) is 0 Å². The van der Waals surface area contributed by atoms with Gasteiger partial charge in [0, 0.05) is 18.2 Å². The summed E-state index contributed by atoms with van der Waals surface area (Å²) in [6.07, 6.45) is 4.51. The maximum Gasteiger partial charge on any atom is 0.257 e. The number of fused-ring (bicyclic) bond motifs is 1. The van der Waals surface area contributed by atoms with Gasteiger partial charge < -0.3 is 9.47 Å². The van der Waals surface area contributed by atoms with Crippen molar-refractivity contribution in [3.05, 3.63) is 60.4 Å². The molecule has 35 heavy (non-hydrogen) atoms. The fourth-order valence-electron chi connectivity index (χ4n) is 4.47. The first-order valence-electron chi connectivity index (χ1n) is 11.6. The van der Waals surface area contributed by atoms with E-state index in [0.29, 0.717) is 18.4 Å². The molecular weight excluding hydrogens is 452 g/mol. The smallest absolute Gasteiger partial charge is 0.257 e. The van der Waals surface area contributed by atoms with Crippen LogP contribution in [-0.4, -0.2) is 35.0 Å². The van der Waals surface area contributed by atoms with E-state index in [1.165, 1.54) is 7.11 Å². The van der Waals surface area contributed by atoms with Crippen molar-refractivity contribution in [1.82, 2.24) is 9.61 Å². The van der Waals surface area contributed by atoms with Crippen molar-refractivity contribution in [2.45, 2.75) is 50.0 Å². The summed E-state index contributed by atoms with van der Waals surface area (Å²) in [5.41, 5.74) is 2.74. The third-order valence-corrected chi connectivity index (χ3v) is 6.91. The fourth-order valence-corrected chi connectivity index (χ4v) is 4.47. The second-order valence-electron chi connectivity index (χ2n) is 9.23. The van der Waals surface area contributed by atoms with Crippen molar-refractivity contribution in [1.29, 1.82) is 5.26 Å². The van der Waals surface area contributed by atoms with Gasteiger partial charge in [-0.3, -0.25) is 4.79 Å². The number of halogens is 2. The van der Waals surface area contributed by atoms with Crippen molar-refractivity contribution < 1.29 is 23.0 Å². The Bertz CT molecular complexity index is 1360. The minimum Gasteiger partial charge on any atom is -0.496 e. The maximum atomic E-state index is 14.2. The Morgan fingerprint density at radius 2 is 2.14 bits per heavy atom. The van der Waals surface area contributed by atoms with Crippen LogP contribution < -0.4 is 9.47 Å². The zero-order chi connectivity index (χ0) is 24.7. The number of carbonyl (C=O) groups excluding carboxylic acids is 1. The normalized spacial score (nSPS) is 20.6. The number of nitriles is 1. The quantitative estimate of drug-likeness (QED) is 0.275. The minimum atomic E-state index is -1.83. The molecule has 1 aromatic carbocycles. The molecule has 0 saturated heterocycles. The zero-order valence-corrected chi connectivity index (χ0v) is 19.3. The summed E-state index contributed by atoms with van der Waals surface area (Å²) in [6.45, 7) is 3.41. The minimum absolute atomic E-state index is 0.0294. The lowest BCUT2D eigenvalue weighted by Gasteiger charge is -2.17. The van der Waals surface area contributed by atoms with Gasteiger partial charge in [0.2, 0.25) is 0 Å². The predicted octanol–water partition coefficient (Wildman–Crippen LogP) is 5.75. The highest BCUT2D eigenvalue weighted by Gasteiger charge is 2.45. The van der Waals surface area contributed by atoms with Gasteiger partial charge in [-0.1, -0.05) is 12.6 Å². The van der Waals surface area contributed by atoms with Gasteiger partial charge in [-0.05, 0) is 67.0 Å². The molecule has 6 nitrogen and oxygen atoms in total. The van der Waals surface area contributed by atoms with E-state index >= 15 is 0 Å². The Balaban J connectivity index is 1.54. The molecule has 5 rings (SSSR count). The Labute approximate surface area is 201 Å². The van der Waals surface area contributed by atoms with E-state index in [9.17, 15) is 18.8 Å². The van der Waals surface area contributed by atoms with Crippen LogP contribution in [0, 0.1) is 17.2 Å². The molecule has 0 N–H and O–H groups in total. The topological polar surface area (TPSA) is 76.6 Å². The number of carbonyl (C=O) groups is 1. The lowest BCUT2D eigenvalue weighted by Crippen LogP contribution is -2.12. The van der Waals surface area contributed by atoms with E-state index in [0.717, 1.165) is 35.6 Å². The van der Waals surface area contributed by atoms with Crippen LogP contribution in [0.1, 0.15) is 48.0 Å². The summed E-state index contributed by atoms with van der Waals surface area (Å²) in [7, 11) is 1.43. The van der Waals surface area contributed by atoms with Gasteiger partial charge >= 0.3 is 0 Å². The molecule has 8 heteroatoms. The molecule has 3 aromatic rings. The van der Waals surface area contributed by atoms with Crippen LogP contribution in [0.4, 0.5) is 8.78 Å². The zero-order valence-electron chi connectivity index (χ0n) is 19.3. The Kier molecular flexibility index (Phi) is 5.79. The number of benzene rings is 1. The van der Waals surface area contributed by atoms with Crippen LogP contribution in [0.2, 0.25) is 0 Å². The third kappa shape index (κ3) is 4.27. The van der Waals surface area contributed by atoms with E-state index in [4.69, 9.17) is 9.47 Å². The number of aromatic nitrogens is 2. The van der Waals surface area contributed by atoms with Crippen LogP contribution in [-0.2, 0) is 5.41 Å². The van der Waals surface area contributed by atoms with Crippen LogP contribution in [0.5, 0.6) is 11.5 Å². The van der Waals surface area contributed by atoms with Gasteiger partial charge in [0.15, 0.2) is 5.78 Å². The monoisotopic (exact) mass is 477 g/mol. The molecule has 0 bridgehead atoms. The number of ether oxygens (including phenoxy) is 2. The fraction of sp³-hybridized carbons (Fsp3) is 0.370. The van der Waals surface area contributed by atoms with Gasteiger partial charge in [-0.25, -0.2) is 8.91 Å². The molecule has 2 aliphatic carbocycles. The first-order chi connectivity index (χ1) is 16.9. The standard InChI is InChI=1S/C27H25F2N3O3/c1-3-25(29)35-24-12-17(11-23(34-2)26(24)22(33)7-4-16-10-20(16)28)19-13-31-32-14-18(5-6-21(19)32)27(15-30)8-9-27/h3,5-6,11-14,16,20,25H,1,4,7-10H2,2H3/t16-,20+,25?/m1/s1. The van der Waals surface area contributed by atoms with E-state index in [1.807, 2.05) is 18.3 Å². The second-order valence-corrected chi connectivity index (χ2v) is 9.23. The van der Waals surface area contributed by atoms with Crippen molar-refractivity contribution in [3.63, 3.8) is 0 Å². The Morgan fingerprint density at radius 1 is 1.40 bits per heavy atom. The number of hydrogen-bond donors (Lipinski definition) is 0. The van der Waals surface area contributed by atoms with Crippen molar-refractivity contribution >= 4 is 11.3 Å². The Morgan fingerprint density at radius 3 is 2.77 bits per heavy atom. The maximum absolute atomic E-state index is 14.2. The number of nitrogens with zero attached hydrogens (tertiary/aromatic N) is 3. The molecule has 2 saturated carbocycles. The highest BCUT2D eigenvalue weighted by Crippen LogP contribution is 2.48. The van der Waals surface area contributed by atoms with Gasteiger partial charge in [0.05, 0.1) is 30.3 Å². The molecule has 2 aromatic heterocycles. The lowest BCUT2D eigenvalue weighted by atomic mass is 9.97. The largest absolute Gasteiger partial charge is 0.496 e. The molecular formula is C27H25F2N3O3. The van der Waals surface area contributed by atoms with E-state index < -0.39 is 17.9 Å². The molecule has 0 radical (unpaired) electrons. The highest BCUT2D eigenvalue weighted by atomic mass is 19.1. The Hall–Kier alpha value is -3.73. The molecule has 0 amide bonds. The number of Topliss-reactive ketones (excluding diaryl/α,β-unsaturated/α-hetero) is 1. The first kappa shape index (κ1) is 23.0. The molecule has 2 fully saturated rings. The molecule has 180 valence electrons. The lowest BCUT2D eigenvalue weighted by molar-refractivity contribution is 0.0939. The number of alkyl halides is 2. The number of methoxy groups -OCH3 is 1.